The molecule has 3 heterocycles. The van der Waals surface area contributed by atoms with Crippen molar-refractivity contribution in [1.82, 2.24) is 9.47 Å². The molecule has 0 bridgehead atoms. The molecule has 1 aliphatic rings. The maximum absolute atomic E-state index is 12.8. The van der Waals surface area contributed by atoms with E-state index < -0.39 is 0 Å². The van der Waals surface area contributed by atoms with Gasteiger partial charge in [-0.1, -0.05) is 17.7 Å². The van der Waals surface area contributed by atoms with Crippen molar-refractivity contribution in [2.24, 2.45) is 0 Å². The van der Waals surface area contributed by atoms with E-state index in [1.54, 1.807) is 16.7 Å². The van der Waals surface area contributed by atoms with Crippen molar-refractivity contribution in [1.29, 1.82) is 0 Å². The second kappa shape index (κ2) is 6.42. The number of thiophene rings is 1. The molecule has 1 aromatic carbocycles. The molecule has 25 heavy (non-hydrogen) atoms. The zero-order valence-corrected chi connectivity index (χ0v) is 16.2. The van der Waals surface area contributed by atoms with Crippen LogP contribution < -0.4 is 5.56 Å². The van der Waals surface area contributed by atoms with Gasteiger partial charge >= 0.3 is 0 Å². The lowest BCUT2D eigenvalue weighted by Gasteiger charge is -2.13. The Hall–Kier alpha value is -1.92. The van der Waals surface area contributed by atoms with Gasteiger partial charge in [0.2, 0.25) is 0 Å². The summed E-state index contributed by atoms with van der Waals surface area (Å²) in [5.74, 6) is 0.0495. The molecular weight excluding hydrogens is 400 g/mol. The number of amides is 1. The third-order valence-electron chi connectivity index (χ3n) is 4.56. The molecule has 3 aromatic rings. The largest absolute Gasteiger partial charge is 0.338 e. The minimum Gasteiger partial charge on any atom is -0.338 e. The second-order valence-corrected chi connectivity index (χ2v) is 8.10. The van der Waals surface area contributed by atoms with Gasteiger partial charge in [0.25, 0.3) is 11.5 Å². The van der Waals surface area contributed by atoms with Gasteiger partial charge in [-0.2, -0.15) is 0 Å². The first-order chi connectivity index (χ1) is 12.1. The first kappa shape index (κ1) is 16.5. The van der Waals surface area contributed by atoms with E-state index in [0.717, 1.165) is 51.9 Å². The average molecular weight is 417 g/mol. The Balaban J connectivity index is 1.91. The number of hydrogen-bond donors (Lipinski definition) is 0. The fraction of sp³-hybridized carbons (Fsp3) is 0.263. The van der Waals surface area contributed by atoms with E-state index in [1.807, 2.05) is 36.1 Å². The van der Waals surface area contributed by atoms with Gasteiger partial charge in [0.15, 0.2) is 0 Å². The van der Waals surface area contributed by atoms with Crippen LogP contribution in [0.1, 0.15) is 28.1 Å². The summed E-state index contributed by atoms with van der Waals surface area (Å²) in [6, 6.07) is 11.2. The summed E-state index contributed by atoms with van der Waals surface area (Å²) in [6.45, 7) is 3.64. The van der Waals surface area contributed by atoms with Crippen LogP contribution in [0.2, 0.25) is 0 Å². The fourth-order valence-electron chi connectivity index (χ4n) is 3.19. The van der Waals surface area contributed by atoms with Crippen molar-refractivity contribution in [3.63, 3.8) is 0 Å². The predicted molar refractivity (Wildman–Crippen MR) is 105 cm³/mol. The van der Waals surface area contributed by atoms with E-state index in [-0.39, 0.29) is 11.5 Å². The molecule has 1 saturated heterocycles. The van der Waals surface area contributed by atoms with Crippen molar-refractivity contribution in [2.75, 3.05) is 13.1 Å². The molecule has 1 fully saturated rings. The fourth-order valence-corrected chi connectivity index (χ4v) is 5.23. The van der Waals surface area contributed by atoms with E-state index in [9.17, 15) is 9.59 Å². The van der Waals surface area contributed by atoms with Gasteiger partial charge in [0.05, 0.1) is 10.2 Å². The molecule has 0 saturated carbocycles. The molecule has 2 aromatic heterocycles. The van der Waals surface area contributed by atoms with Crippen LogP contribution in [-0.2, 0) is 0 Å². The molecule has 0 aliphatic carbocycles. The average Bonchev–Trinajstić information content (AvgIpc) is 3.24. The number of fused-ring (bicyclic) bond motifs is 1. The summed E-state index contributed by atoms with van der Waals surface area (Å²) >= 11 is 4.97. The van der Waals surface area contributed by atoms with Gasteiger partial charge in [-0.25, -0.2) is 0 Å². The number of rotatable bonds is 2. The normalized spacial score (nSPS) is 14.4. The molecule has 0 radical (unpaired) electrons. The Morgan fingerprint density at radius 1 is 1.08 bits per heavy atom. The number of pyridine rings is 1. The molecule has 128 valence electrons. The Morgan fingerprint density at radius 3 is 2.44 bits per heavy atom. The van der Waals surface area contributed by atoms with Gasteiger partial charge in [0.1, 0.15) is 9.71 Å². The van der Waals surface area contributed by atoms with Crippen molar-refractivity contribution in [3.8, 4) is 5.69 Å². The van der Waals surface area contributed by atoms with Gasteiger partial charge < -0.3 is 4.90 Å². The second-order valence-electron chi connectivity index (χ2n) is 6.31. The van der Waals surface area contributed by atoms with Gasteiger partial charge in [0, 0.05) is 24.5 Å². The minimum atomic E-state index is -0.0923. The Bertz CT molecular complexity index is 1010. The number of halogens is 1. The van der Waals surface area contributed by atoms with E-state index in [0.29, 0.717) is 4.88 Å². The maximum atomic E-state index is 12.8. The van der Waals surface area contributed by atoms with Crippen LogP contribution in [0.25, 0.3) is 15.9 Å². The first-order valence-electron chi connectivity index (χ1n) is 8.26. The highest BCUT2D eigenvalue weighted by molar-refractivity contribution is 9.10. The van der Waals surface area contributed by atoms with Crippen LogP contribution in [0.15, 0.2) is 45.7 Å². The molecule has 0 unspecified atom stereocenters. The third kappa shape index (κ3) is 2.83. The van der Waals surface area contributed by atoms with Crippen LogP contribution in [0, 0.1) is 6.92 Å². The minimum absolute atomic E-state index is 0.0495. The molecule has 4 nitrogen and oxygen atoms in total. The molecule has 4 rings (SSSR count). The topological polar surface area (TPSA) is 42.3 Å². The van der Waals surface area contributed by atoms with Gasteiger partial charge in [-0.05, 0) is 53.9 Å². The Morgan fingerprint density at radius 2 is 1.76 bits per heavy atom. The lowest BCUT2D eigenvalue weighted by Crippen LogP contribution is -2.27. The summed E-state index contributed by atoms with van der Waals surface area (Å²) in [7, 11) is 0. The number of nitrogens with zero attached hydrogens (tertiary/aromatic N) is 2. The summed E-state index contributed by atoms with van der Waals surface area (Å²) in [5, 5.41) is 0.896. The maximum Gasteiger partial charge on any atom is 0.265 e. The number of aryl methyl sites for hydroxylation is 1. The lowest BCUT2D eigenvalue weighted by molar-refractivity contribution is 0.0797. The predicted octanol–water partition coefficient (Wildman–Crippen LogP) is 4.36. The van der Waals surface area contributed by atoms with Gasteiger partial charge in [-0.3, -0.25) is 14.2 Å². The van der Waals surface area contributed by atoms with E-state index in [4.69, 9.17) is 0 Å². The number of carbonyl (C=O) groups is 1. The quantitative estimate of drug-likeness (QED) is 0.622. The lowest BCUT2D eigenvalue weighted by atomic mass is 10.2. The zero-order valence-electron chi connectivity index (χ0n) is 13.8. The highest BCUT2D eigenvalue weighted by atomic mass is 79.9. The van der Waals surface area contributed by atoms with Crippen LogP contribution >= 0.6 is 27.3 Å². The first-order valence-corrected chi connectivity index (χ1v) is 9.87. The molecule has 0 N–H and O–H groups in total. The molecule has 1 aliphatic heterocycles. The highest BCUT2D eigenvalue weighted by Gasteiger charge is 2.25. The van der Waals surface area contributed by atoms with E-state index in [1.165, 1.54) is 11.3 Å². The number of benzene rings is 1. The zero-order chi connectivity index (χ0) is 17.6. The number of hydrogen-bond acceptors (Lipinski definition) is 3. The molecular formula is C19H17BrN2O2S. The monoisotopic (exact) mass is 416 g/mol. The molecule has 1 amide bonds. The Labute approximate surface area is 157 Å². The van der Waals surface area contributed by atoms with Crippen molar-refractivity contribution in [3.05, 3.63) is 61.7 Å². The number of likely N-dealkylation sites (tertiary alicyclic amines) is 1. The standard InChI is InChI=1S/C19H17BrN2O2S/c1-12-4-6-13(7-5-12)22-15(23)9-8-14-16(20)17(25-19(14)22)18(24)21-10-2-3-11-21/h4-9H,2-3,10-11H2,1H3. The Kier molecular flexibility index (Phi) is 4.25. The smallest absolute Gasteiger partial charge is 0.265 e. The van der Waals surface area contributed by atoms with Crippen LogP contribution in [0.5, 0.6) is 0 Å². The van der Waals surface area contributed by atoms with Crippen LogP contribution in [0.3, 0.4) is 0 Å². The molecule has 0 atom stereocenters. The van der Waals surface area contributed by atoms with Crippen molar-refractivity contribution < 1.29 is 4.79 Å². The number of aromatic nitrogens is 1. The molecule has 0 spiro atoms. The SMILES string of the molecule is Cc1ccc(-n2c(=O)ccc3c(Br)c(C(=O)N4CCCC4)sc32)cc1. The summed E-state index contributed by atoms with van der Waals surface area (Å²) < 4.78 is 2.47. The van der Waals surface area contributed by atoms with Crippen molar-refractivity contribution >= 4 is 43.4 Å². The van der Waals surface area contributed by atoms with E-state index in [2.05, 4.69) is 15.9 Å². The van der Waals surface area contributed by atoms with Crippen LogP contribution in [0.4, 0.5) is 0 Å². The highest BCUT2D eigenvalue weighted by Crippen LogP contribution is 2.37. The third-order valence-corrected chi connectivity index (χ3v) is 6.83. The van der Waals surface area contributed by atoms with Crippen LogP contribution in [-0.4, -0.2) is 28.5 Å². The number of carbonyl (C=O) groups excluding carboxylic acids is 1. The summed E-state index contributed by atoms with van der Waals surface area (Å²) in [6.07, 6.45) is 2.12. The van der Waals surface area contributed by atoms with E-state index >= 15 is 0 Å². The summed E-state index contributed by atoms with van der Waals surface area (Å²) in [5.41, 5.74) is 1.86. The molecule has 6 heteroatoms. The van der Waals surface area contributed by atoms with Crippen molar-refractivity contribution in [2.45, 2.75) is 19.8 Å². The summed E-state index contributed by atoms with van der Waals surface area (Å²) in [4.78, 5) is 28.7. The van der Waals surface area contributed by atoms with Gasteiger partial charge in [-0.15, -0.1) is 11.3 Å².